The first-order chi connectivity index (χ1) is 19.5. The second kappa shape index (κ2) is 9.10. The Morgan fingerprint density at radius 3 is 2.23 bits per heavy atom. The molecule has 204 valence electrons. The van der Waals surface area contributed by atoms with Gasteiger partial charge in [-0.25, -0.2) is 0 Å². The third-order valence-corrected chi connectivity index (χ3v) is 8.38. The van der Waals surface area contributed by atoms with Crippen LogP contribution in [-0.2, 0) is 12.2 Å². The van der Waals surface area contributed by atoms with Crippen LogP contribution in [0.1, 0.15) is 51.8 Å². The molecule has 40 heavy (non-hydrogen) atoms. The van der Waals surface area contributed by atoms with Crippen LogP contribution in [0.25, 0.3) is 0 Å². The molecule has 2 bridgehead atoms. The molecule has 0 radical (unpaired) electrons. The second-order valence-electron chi connectivity index (χ2n) is 10.5. The molecule has 1 unspecified atom stereocenters. The summed E-state index contributed by atoms with van der Waals surface area (Å²) < 4.78 is 31.7. The Balaban J connectivity index is 1.52. The lowest BCUT2D eigenvalue weighted by Crippen LogP contribution is -2.57. The van der Waals surface area contributed by atoms with Crippen molar-refractivity contribution in [2.75, 3.05) is 14.2 Å². The summed E-state index contributed by atoms with van der Waals surface area (Å²) in [5.41, 5.74) is 4.55. The molecular weight excluding hydrogens is 508 g/mol. The van der Waals surface area contributed by atoms with Crippen molar-refractivity contribution in [3.8, 4) is 34.5 Å². The van der Waals surface area contributed by atoms with Crippen LogP contribution in [0.15, 0.2) is 72.8 Å². The Morgan fingerprint density at radius 2 is 1.55 bits per heavy atom. The van der Waals surface area contributed by atoms with E-state index in [0.717, 1.165) is 24.0 Å². The lowest BCUT2D eigenvalue weighted by Gasteiger charge is -2.50. The maximum absolute atomic E-state index is 12.2. The molecule has 4 aromatic carbocycles. The molecule has 4 atom stereocenters. The monoisotopic (exact) mass is 538 g/mol. The fourth-order valence-corrected chi connectivity index (χ4v) is 6.47. The van der Waals surface area contributed by atoms with Gasteiger partial charge in [0.25, 0.3) is 0 Å². The van der Waals surface area contributed by atoms with Crippen molar-refractivity contribution in [2.24, 2.45) is 0 Å². The van der Waals surface area contributed by atoms with E-state index >= 15 is 0 Å². The molecule has 0 amide bonds. The van der Waals surface area contributed by atoms with Crippen molar-refractivity contribution in [3.05, 3.63) is 106 Å². The second-order valence-corrected chi connectivity index (χ2v) is 10.5. The van der Waals surface area contributed by atoms with Crippen molar-refractivity contribution in [3.63, 3.8) is 0 Å². The predicted molar refractivity (Wildman–Crippen MR) is 148 cm³/mol. The number of aliphatic hydroxyl groups is 1. The van der Waals surface area contributed by atoms with E-state index in [0.29, 0.717) is 51.0 Å². The zero-order chi connectivity index (χ0) is 27.6. The van der Waals surface area contributed by atoms with Gasteiger partial charge in [0.1, 0.15) is 46.7 Å². The SMILES string of the molecule is COc1cc2c(c3c1CC[C@@H](c1ccccc1)O3)[C@@H]1c3c(cc(O)c(C)c3OC)O[C@](c3ccccc3)(O2)C1O. The first-order valence-electron chi connectivity index (χ1n) is 13.4. The first-order valence-corrected chi connectivity index (χ1v) is 13.4. The highest BCUT2D eigenvalue weighted by Crippen LogP contribution is 2.62. The van der Waals surface area contributed by atoms with Gasteiger partial charge in [-0.3, -0.25) is 0 Å². The third-order valence-electron chi connectivity index (χ3n) is 8.38. The fourth-order valence-electron chi connectivity index (χ4n) is 6.47. The zero-order valence-electron chi connectivity index (χ0n) is 22.5. The smallest absolute Gasteiger partial charge is 0.305 e. The standard InChI is InChI=1S/C33H30O7/c1-18-22(34)16-25-27(30(18)37-3)29-28-26(40-33(39-25,32(29)35)20-12-8-5-9-13-20)17-24(36-2)21-14-15-23(38-31(21)28)19-10-6-4-7-11-19/h4-13,16-17,23,29,32,34-35H,14-15H2,1-3H3/t23-,29-,32?,33+/m0/s1. The molecule has 3 heterocycles. The molecule has 0 spiro atoms. The van der Waals surface area contributed by atoms with Gasteiger partial charge in [-0.05, 0) is 25.3 Å². The number of phenols is 1. The quantitative estimate of drug-likeness (QED) is 0.334. The number of phenolic OH excluding ortho intramolecular Hbond substituents is 1. The van der Waals surface area contributed by atoms with E-state index in [1.165, 1.54) is 0 Å². The summed E-state index contributed by atoms with van der Waals surface area (Å²) in [5.74, 6) is 0.445. The number of rotatable bonds is 4. The van der Waals surface area contributed by atoms with Crippen LogP contribution in [0, 0.1) is 6.92 Å². The van der Waals surface area contributed by atoms with Gasteiger partial charge in [-0.1, -0.05) is 60.7 Å². The van der Waals surface area contributed by atoms with E-state index in [9.17, 15) is 10.2 Å². The Morgan fingerprint density at radius 1 is 0.875 bits per heavy atom. The molecule has 3 aliphatic heterocycles. The number of aromatic hydroxyl groups is 1. The van der Waals surface area contributed by atoms with Crippen molar-refractivity contribution in [1.82, 2.24) is 0 Å². The number of aliphatic hydroxyl groups excluding tert-OH is 1. The lowest BCUT2D eigenvalue weighted by atomic mass is 9.74. The van der Waals surface area contributed by atoms with Crippen LogP contribution in [0.2, 0.25) is 0 Å². The minimum absolute atomic E-state index is 0.0330. The van der Waals surface area contributed by atoms with Crippen molar-refractivity contribution in [1.29, 1.82) is 0 Å². The maximum Gasteiger partial charge on any atom is 0.305 e. The summed E-state index contributed by atoms with van der Waals surface area (Å²) in [6, 6.07) is 22.9. The molecular formula is C33H30O7. The van der Waals surface area contributed by atoms with E-state index in [1.54, 1.807) is 27.2 Å². The number of ether oxygens (including phenoxy) is 5. The molecule has 7 heteroatoms. The van der Waals surface area contributed by atoms with Gasteiger partial charge in [0.2, 0.25) is 0 Å². The molecule has 7 rings (SSSR count). The summed E-state index contributed by atoms with van der Waals surface area (Å²) >= 11 is 0. The number of fused-ring (bicyclic) bond motifs is 8. The molecule has 0 saturated heterocycles. The van der Waals surface area contributed by atoms with E-state index in [-0.39, 0.29) is 11.9 Å². The average molecular weight is 539 g/mol. The van der Waals surface area contributed by atoms with E-state index in [1.807, 2.05) is 54.6 Å². The highest BCUT2D eigenvalue weighted by Gasteiger charge is 2.60. The van der Waals surface area contributed by atoms with Gasteiger partial charge in [0.05, 0.1) is 20.1 Å². The predicted octanol–water partition coefficient (Wildman–Crippen LogP) is 5.91. The number of benzene rings is 4. The van der Waals surface area contributed by atoms with Crippen LogP contribution in [-0.4, -0.2) is 30.5 Å². The maximum atomic E-state index is 12.2. The molecule has 0 saturated carbocycles. The van der Waals surface area contributed by atoms with Gasteiger partial charge in [0, 0.05) is 39.9 Å². The van der Waals surface area contributed by atoms with Crippen LogP contribution in [0.3, 0.4) is 0 Å². The number of hydrogen-bond acceptors (Lipinski definition) is 7. The minimum atomic E-state index is -1.58. The minimum Gasteiger partial charge on any atom is -0.507 e. The van der Waals surface area contributed by atoms with Crippen molar-refractivity contribution in [2.45, 2.75) is 43.7 Å². The molecule has 0 aliphatic carbocycles. The molecule has 7 nitrogen and oxygen atoms in total. The van der Waals surface area contributed by atoms with Gasteiger partial charge in [-0.15, -0.1) is 0 Å². The van der Waals surface area contributed by atoms with E-state index in [4.69, 9.17) is 23.7 Å². The van der Waals surface area contributed by atoms with Gasteiger partial charge in [-0.2, -0.15) is 0 Å². The number of hydrogen-bond donors (Lipinski definition) is 2. The topological polar surface area (TPSA) is 86.6 Å². The molecule has 3 aliphatic rings. The fraction of sp³-hybridized carbons (Fsp3) is 0.273. The third kappa shape index (κ3) is 3.40. The summed E-state index contributed by atoms with van der Waals surface area (Å²) in [4.78, 5) is 0. The molecule has 0 aromatic heterocycles. The van der Waals surface area contributed by atoms with Gasteiger partial charge >= 0.3 is 5.79 Å². The van der Waals surface area contributed by atoms with Crippen LogP contribution in [0.5, 0.6) is 34.5 Å². The molecule has 0 fully saturated rings. The first kappa shape index (κ1) is 24.7. The summed E-state index contributed by atoms with van der Waals surface area (Å²) in [5, 5.41) is 23.0. The Hall–Kier alpha value is -4.36. The zero-order valence-corrected chi connectivity index (χ0v) is 22.5. The Labute approximate surface area is 232 Å². The highest BCUT2D eigenvalue weighted by molar-refractivity contribution is 5.69. The van der Waals surface area contributed by atoms with Crippen molar-refractivity contribution < 1.29 is 33.9 Å². The number of methoxy groups -OCH3 is 2. The summed E-state index contributed by atoms with van der Waals surface area (Å²) in [7, 11) is 3.19. The van der Waals surface area contributed by atoms with Gasteiger partial charge in [0.15, 0.2) is 0 Å². The van der Waals surface area contributed by atoms with Crippen LogP contribution >= 0.6 is 0 Å². The Kier molecular flexibility index (Phi) is 5.61. The summed E-state index contributed by atoms with van der Waals surface area (Å²) in [6.07, 6.45) is 0.175. The van der Waals surface area contributed by atoms with E-state index in [2.05, 4.69) is 12.1 Å². The van der Waals surface area contributed by atoms with Crippen LogP contribution < -0.4 is 23.7 Å². The Bertz CT molecular complexity index is 1600. The normalized spacial score (nSPS) is 23.9. The van der Waals surface area contributed by atoms with Crippen molar-refractivity contribution >= 4 is 0 Å². The summed E-state index contributed by atoms with van der Waals surface area (Å²) in [6.45, 7) is 1.78. The van der Waals surface area contributed by atoms with E-state index < -0.39 is 17.8 Å². The van der Waals surface area contributed by atoms with Gasteiger partial charge < -0.3 is 33.9 Å². The molecule has 4 aromatic rings. The molecule has 2 N–H and O–H groups in total. The van der Waals surface area contributed by atoms with Crippen LogP contribution in [0.4, 0.5) is 0 Å². The lowest BCUT2D eigenvalue weighted by molar-refractivity contribution is -0.218. The highest BCUT2D eigenvalue weighted by atomic mass is 16.7. The average Bonchev–Trinajstić information content (AvgIpc) is 2.99. The largest absolute Gasteiger partial charge is 0.507 e.